The summed E-state index contributed by atoms with van der Waals surface area (Å²) >= 11 is 0. The molecule has 1 saturated heterocycles. The molecule has 5 nitrogen and oxygen atoms in total. The zero-order valence-electron chi connectivity index (χ0n) is 12.1. The summed E-state index contributed by atoms with van der Waals surface area (Å²) in [5.74, 6) is 0.992. The molecular weight excluding hydrogens is 256 g/mol. The first-order valence-electron chi connectivity index (χ1n) is 7.00. The fraction of sp³-hybridized carbons (Fsp3) is 0.533. The van der Waals surface area contributed by atoms with Crippen molar-refractivity contribution < 1.29 is 14.3 Å². The molecule has 0 bridgehead atoms. The standard InChI is InChI=1S/C15H22N2O3/c1-3-20-13-7-5-12(6-8-13)15-16-11-14(18)17(15)9-4-10-19-2/h5-8,15-16H,3-4,9-11H2,1-2H3. The highest BCUT2D eigenvalue weighted by Crippen LogP contribution is 2.24. The van der Waals surface area contributed by atoms with E-state index in [0.29, 0.717) is 26.3 Å². The van der Waals surface area contributed by atoms with Gasteiger partial charge in [0.15, 0.2) is 0 Å². The van der Waals surface area contributed by atoms with Gasteiger partial charge >= 0.3 is 0 Å². The van der Waals surface area contributed by atoms with E-state index >= 15 is 0 Å². The molecule has 1 amide bonds. The number of amides is 1. The summed E-state index contributed by atoms with van der Waals surface area (Å²) in [4.78, 5) is 13.8. The molecule has 1 fully saturated rings. The lowest BCUT2D eigenvalue weighted by atomic mass is 10.1. The largest absolute Gasteiger partial charge is 0.494 e. The molecule has 0 spiro atoms. The van der Waals surface area contributed by atoms with Gasteiger partial charge in [0.1, 0.15) is 11.9 Å². The monoisotopic (exact) mass is 278 g/mol. The van der Waals surface area contributed by atoms with Gasteiger partial charge in [-0.25, -0.2) is 0 Å². The number of rotatable bonds is 7. The first kappa shape index (κ1) is 14.8. The Labute approximate surface area is 119 Å². The van der Waals surface area contributed by atoms with Crippen LogP contribution in [0.5, 0.6) is 5.75 Å². The van der Waals surface area contributed by atoms with Gasteiger partial charge in [-0.3, -0.25) is 10.1 Å². The zero-order valence-corrected chi connectivity index (χ0v) is 12.1. The molecule has 1 N–H and O–H groups in total. The number of carbonyl (C=O) groups excluding carboxylic acids is 1. The van der Waals surface area contributed by atoms with Gasteiger partial charge in [0, 0.05) is 20.3 Å². The van der Waals surface area contributed by atoms with Crippen LogP contribution in [0.3, 0.4) is 0 Å². The minimum absolute atomic E-state index is 0.0463. The summed E-state index contributed by atoms with van der Waals surface area (Å²) in [6.45, 7) is 4.38. The van der Waals surface area contributed by atoms with Crippen LogP contribution in [0.2, 0.25) is 0 Å². The van der Waals surface area contributed by atoms with E-state index in [1.807, 2.05) is 36.1 Å². The highest BCUT2D eigenvalue weighted by atomic mass is 16.5. The molecular formula is C15H22N2O3. The highest BCUT2D eigenvalue weighted by molar-refractivity contribution is 5.80. The third-order valence-corrected chi connectivity index (χ3v) is 3.33. The molecule has 0 aliphatic carbocycles. The quantitative estimate of drug-likeness (QED) is 0.769. The van der Waals surface area contributed by atoms with E-state index < -0.39 is 0 Å². The summed E-state index contributed by atoms with van der Waals surface area (Å²) in [5.41, 5.74) is 1.08. The molecule has 5 heteroatoms. The average molecular weight is 278 g/mol. The normalized spacial score (nSPS) is 18.6. The van der Waals surface area contributed by atoms with Crippen LogP contribution >= 0.6 is 0 Å². The number of nitrogens with one attached hydrogen (secondary N) is 1. The van der Waals surface area contributed by atoms with Gasteiger partial charge in [-0.2, -0.15) is 0 Å². The predicted octanol–water partition coefficient (Wildman–Crippen LogP) is 1.55. The molecule has 1 aromatic rings. The van der Waals surface area contributed by atoms with Crippen molar-refractivity contribution in [2.75, 3.05) is 33.4 Å². The van der Waals surface area contributed by atoms with E-state index in [-0.39, 0.29) is 12.1 Å². The Hall–Kier alpha value is -1.59. The van der Waals surface area contributed by atoms with Crippen LogP contribution < -0.4 is 10.1 Å². The minimum atomic E-state index is -0.0463. The number of methoxy groups -OCH3 is 1. The third kappa shape index (κ3) is 3.49. The SMILES string of the molecule is CCOc1ccc(C2NCC(=O)N2CCCOC)cc1. The van der Waals surface area contributed by atoms with Gasteiger partial charge in [0.2, 0.25) is 5.91 Å². The number of ether oxygens (including phenoxy) is 2. The van der Waals surface area contributed by atoms with E-state index in [4.69, 9.17) is 9.47 Å². The Morgan fingerprint density at radius 2 is 2.10 bits per heavy atom. The first-order valence-corrected chi connectivity index (χ1v) is 7.00. The van der Waals surface area contributed by atoms with E-state index in [2.05, 4.69) is 5.32 Å². The number of hydrogen-bond donors (Lipinski definition) is 1. The van der Waals surface area contributed by atoms with Gasteiger partial charge in [-0.15, -0.1) is 0 Å². The molecule has 20 heavy (non-hydrogen) atoms. The van der Waals surface area contributed by atoms with E-state index in [0.717, 1.165) is 17.7 Å². The zero-order chi connectivity index (χ0) is 14.4. The molecule has 1 atom stereocenters. The summed E-state index contributed by atoms with van der Waals surface area (Å²) < 4.78 is 10.5. The predicted molar refractivity (Wildman–Crippen MR) is 76.6 cm³/mol. The number of carbonyl (C=O) groups is 1. The fourth-order valence-corrected chi connectivity index (χ4v) is 2.38. The van der Waals surface area contributed by atoms with Crippen LogP contribution in [0.1, 0.15) is 25.1 Å². The average Bonchev–Trinajstić information content (AvgIpc) is 2.82. The summed E-state index contributed by atoms with van der Waals surface area (Å²) in [5, 5.41) is 3.25. The van der Waals surface area contributed by atoms with Crippen molar-refractivity contribution >= 4 is 5.91 Å². The topological polar surface area (TPSA) is 50.8 Å². The highest BCUT2D eigenvalue weighted by Gasteiger charge is 2.30. The fourth-order valence-electron chi connectivity index (χ4n) is 2.38. The van der Waals surface area contributed by atoms with Crippen LogP contribution in [0.25, 0.3) is 0 Å². The minimum Gasteiger partial charge on any atom is -0.494 e. The Morgan fingerprint density at radius 1 is 1.35 bits per heavy atom. The number of benzene rings is 1. The van der Waals surface area contributed by atoms with Crippen LogP contribution in [0, 0.1) is 0 Å². The molecule has 0 saturated carbocycles. The van der Waals surface area contributed by atoms with E-state index in [1.54, 1.807) is 7.11 Å². The number of nitrogens with zero attached hydrogens (tertiary/aromatic N) is 1. The lowest BCUT2D eigenvalue weighted by Crippen LogP contribution is -2.31. The van der Waals surface area contributed by atoms with Gasteiger partial charge in [-0.05, 0) is 31.0 Å². The Kier molecular flexibility index (Phi) is 5.38. The maximum Gasteiger partial charge on any atom is 0.238 e. The van der Waals surface area contributed by atoms with Crippen molar-refractivity contribution in [2.45, 2.75) is 19.5 Å². The second-order valence-electron chi connectivity index (χ2n) is 4.72. The second-order valence-corrected chi connectivity index (χ2v) is 4.72. The Morgan fingerprint density at radius 3 is 2.75 bits per heavy atom. The van der Waals surface area contributed by atoms with Crippen molar-refractivity contribution in [1.82, 2.24) is 10.2 Å². The molecule has 2 rings (SSSR count). The van der Waals surface area contributed by atoms with Crippen molar-refractivity contribution in [2.24, 2.45) is 0 Å². The maximum atomic E-state index is 11.9. The molecule has 1 aromatic carbocycles. The van der Waals surface area contributed by atoms with Gasteiger partial charge in [-0.1, -0.05) is 12.1 Å². The first-order chi connectivity index (χ1) is 9.76. The molecule has 1 aliphatic rings. The van der Waals surface area contributed by atoms with Gasteiger partial charge < -0.3 is 14.4 Å². The van der Waals surface area contributed by atoms with Crippen molar-refractivity contribution in [1.29, 1.82) is 0 Å². The third-order valence-electron chi connectivity index (χ3n) is 3.33. The number of hydrogen-bond acceptors (Lipinski definition) is 4. The van der Waals surface area contributed by atoms with Crippen LogP contribution in [0.4, 0.5) is 0 Å². The van der Waals surface area contributed by atoms with E-state index in [9.17, 15) is 4.79 Å². The molecule has 1 aliphatic heterocycles. The summed E-state index contributed by atoms with van der Waals surface area (Å²) in [6, 6.07) is 7.89. The second kappa shape index (κ2) is 7.26. The molecule has 0 aromatic heterocycles. The summed E-state index contributed by atoms with van der Waals surface area (Å²) in [6.07, 6.45) is 0.798. The lowest BCUT2D eigenvalue weighted by Gasteiger charge is -2.24. The van der Waals surface area contributed by atoms with Crippen molar-refractivity contribution in [3.8, 4) is 5.75 Å². The smallest absolute Gasteiger partial charge is 0.238 e. The van der Waals surface area contributed by atoms with Crippen LogP contribution in [-0.4, -0.2) is 44.2 Å². The molecule has 1 unspecified atom stereocenters. The Bertz CT molecular complexity index is 433. The van der Waals surface area contributed by atoms with Gasteiger partial charge in [0.05, 0.1) is 13.2 Å². The van der Waals surface area contributed by atoms with Crippen LogP contribution in [-0.2, 0) is 9.53 Å². The molecule has 0 radical (unpaired) electrons. The lowest BCUT2D eigenvalue weighted by molar-refractivity contribution is -0.128. The van der Waals surface area contributed by atoms with Gasteiger partial charge in [0.25, 0.3) is 0 Å². The maximum absolute atomic E-state index is 11.9. The van der Waals surface area contributed by atoms with Crippen molar-refractivity contribution in [3.63, 3.8) is 0 Å². The summed E-state index contributed by atoms with van der Waals surface area (Å²) in [7, 11) is 1.67. The molecule has 1 heterocycles. The van der Waals surface area contributed by atoms with Crippen molar-refractivity contribution in [3.05, 3.63) is 29.8 Å². The molecule has 110 valence electrons. The van der Waals surface area contributed by atoms with E-state index in [1.165, 1.54) is 0 Å². The van der Waals surface area contributed by atoms with Crippen LogP contribution in [0.15, 0.2) is 24.3 Å². The Balaban J connectivity index is 2.03.